The van der Waals surface area contributed by atoms with Gasteiger partial charge in [0.05, 0.1) is 0 Å². The maximum absolute atomic E-state index is 5.88. The zero-order valence-corrected chi connectivity index (χ0v) is 8.22. The fourth-order valence-corrected chi connectivity index (χ4v) is 2.15. The molecule has 3 N–H and O–H groups in total. The molecule has 2 nitrogen and oxygen atoms in total. The lowest BCUT2D eigenvalue weighted by Gasteiger charge is -2.26. The van der Waals surface area contributed by atoms with E-state index in [0.29, 0.717) is 6.04 Å². The third-order valence-corrected chi connectivity index (χ3v) is 2.92. The Balaban J connectivity index is 2.58. The molecule has 1 aliphatic heterocycles. The molecule has 1 atom stereocenters. The molecule has 0 aliphatic carbocycles. The number of nitrogens with one attached hydrogen (secondary N) is 1. The van der Waals surface area contributed by atoms with Gasteiger partial charge in [-0.05, 0) is 49.6 Å². The summed E-state index contributed by atoms with van der Waals surface area (Å²) in [7, 11) is 0. The van der Waals surface area contributed by atoms with Crippen molar-refractivity contribution < 1.29 is 0 Å². The van der Waals surface area contributed by atoms with Gasteiger partial charge in [0.15, 0.2) is 0 Å². The summed E-state index contributed by atoms with van der Waals surface area (Å²) < 4.78 is 0. The molecule has 2 rings (SSSR count). The van der Waals surface area contributed by atoms with Gasteiger partial charge in [0.25, 0.3) is 0 Å². The number of fused-ring (bicyclic) bond motifs is 1. The SMILES string of the molecule is Cc1c(N)ccc2c1C(C)NCC2. The molecule has 1 aromatic carbocycles. The molecule has 0 radical (unpaired) electrons. The average molecular weight is 176 g/mol. The first-order valence-corrected chi connectivity index (χ1v) is 4.81. The maximum atomic E-state index is 5.88. The van der Waals surface area contributed by atoms with E-state index in [1.807, 2.05) is 6.07 Å². The molecule has 70 valence electrons. The minimum absolute atomic E-state index is 0.451. The maximum Gasteiger partial charge on any atom is 0.0347 e. The monoisotopic (exact) mass is 176 g/mol. The van der Waals surface area contributed by atoms with Crippen LogP contribution in [0.1, 0.15) is 29.7 Å². The topological polar surface area (TPSA) is 38.0 Å². The van der Waals surface area contributed by atoms with E-state index in [2.05, 4.69) is 25.2 Å². The van der Waals surface area contributed by atoms with Gasteiger partial charge in [0.2, 0.25) is 0 Å². The van der Waals surface area contributed by atoms with E-state index in [9.17, 15) is 0 Å². The van der Waals surface area contributed by atoms with E-state index in [1.165, 1.54) is 16.7 Å². The first-order valence-electron chi connectivity index (χ1n) is 4.81. The average Bonchev–Trinajstić information content (AvgIpc) is 2.12. The van der Waals surface area contributed by atoms with Gasteiger partial charge in [-0.15, -0.1) is 0 Å². The van der Waals surface area contributed by atoms with E-state index >= 15 is 0 Å². The highest BCUT2D eigenvalue weighted by Crippen LogP contribution is 2.29. The van der Waals surface area contributed by atoms with Crippen LogP contribution in [0.2, 0.25) is 0 Å². The fourth-order valence-electron chi connectivity index (χ4n) is 2.15. The second kappa shape index (κ2) is 3.04. The van der Waals surface area contributed by atoms with Gasteiger partial charge in [0.1, 0.15) is 0 Å². The van der Waals surface area contributed by atoms with Crippen LogP contribution in [0.4, 0.5) is 5.69 Å². The van der Waals surface area contributed by atoms with Crippen LogP contribution in [0.5, 0.6) is 0 Å². The molecule has 0 saturated carbocycles. The molecule has 1 aromatic rings. The van der Waals surface area contributed by atoms with Crippen molar-refractivity contribution in [3.63, 3.8) is 0 Å². The molecule has 0 fully saturated rings. The summed E-state index contributed by atoms with van der Waals surface area (Å²) in [5.41, 5.74) is 10.9. The molecule has 13 heavy (non-hydrogen) atoms. The standard InChI is InChI=1S/C11H16N2/c1-7-10(12)4-3-9-5-6-13-8(2)11(7)9/h3-4,8,13H,5-6,12H2,1-2H3. The Kier molecular flexibility index (Phi) is 2.00. The highest BCUT2D eigenvalue weighted by atomic mass is 14.9. The van der Waals surface area contributed by atoms with Gasteiger partial charge in [-0.2, -0.15) is 0 Å². The number of nitrogens with two attached hydrogens (primary N) is 1. The second-order valence-corrected chi connectivity index (χ2v) is 3.78. The summed E-state index contributed by atoms with van der Waals surface area (Å²) in [5.74, 6) is 0. The third-order valence-electron chi connectivity index (χ3n) is 2.92. The van der Waals surface area contributed by atoms with Gasteiger partial charge in [-0.25, -0.2) is 0 Å². The molecule has 1 unspecified atom stereocenters. The van der Waals surface area contributed by atoms with Crippen molar-refractivity contribution >= 4 is 5.69 Å². The first kappa shape index (κ1) is 8.57. The molecular formula is C11H16N2. The predicted molar refractivity (Wildman–Crippen MR) is 55.7 cm³/mol. The Morgan fingerprint density at radius 1 is 1.46 bits per heavy atom. The predicted octanol–water partition coefficient (Wildman–Crippen LogP) is 1.78. The second-order valence-electron chi connectivity index (χ2n) is 3.78. The number of benzene rings is 1. The van der Waals surface area contributed by atoms with Crippen molar-refractivity contribution in [3.05, 3.63) is 28.8 Å². The Hall–Kier alpha value is -1.02. The molecule has 0 saturated heterocycles. The highest BCUT2D eigenvalue weighted by molar-refractivity contribution is 5.54. The van der Waals surface area contributed by atoms with E-state index in [0.717, 1.165) is 18.7 Å². The van der Waals surface area contributed by atoms with Crippen LogP contribution in [0.25, 0.3) is 0 Å². The van der Waals surface area contributed by atoms with E-state index < -0.39 is 0 Å². The van der Waals surface area contributed by atoms with Crippen molar-refractivity contribution in [2.75, 3.05) is 12.3 Å². The highest BCUT2D eigenvalue weighted by Gasteiger charge is 2.18. The Bertz CT molecular complexity index is 331. The molecule has 1 heterocycles. The molecule has 2 heteroatoms. The molecule has 0 amide bonds. The van der Waals surface area contributed by atoms with Crippen molar-refractivity contribution in [2.24, 2.45) is 0 Å². The quantitative estimate of drug-likeness (QED) is 0.591. The summed E-state index contributed by atoms with van der Waals surface area (Å²) in [4.78, 5) is 0. The fraction of sp³-hybridized carbons (Fsp3) is 0.455. The van der Waals surface area contributed by atoms with E-state index in [-0.39, 0.29) is 0 Å². The molecule has 0 aromatic heterocycles. The van der Waals surface area contributed by atoms with Crippen molar-refractivity contribution in [3.8, 4) is 0 Å². The van der Waals surface area contributed by atoms with Crippen molar-refractivity contribution in [2.45, 2.75) is 26.3 Å². The van der Waals surface area contributed by atoms with E-state index in [1.54, 1.807) is 0 Å². The van der Waals surface area contributed by atoms with Crippen LogP contribution in [-0.4, -0.2) is 6.54 Å². The zero-order chi connectivity index (χ0) is 9.42. The smallest absolute Gasteiger partial charge is 0.0347 e. The Morgan fingerprint density at radius 3 is 3.00 bits per heavy atom. The van der Waals surface area contributed by atoms with Gasteiger partial charge in [-0.3, -0.25) is 0 Å². The Morgan fingerprint density at radius 2 is 2.23 bits per heavy atom. The van der Waals surface area contributed by atoms with Crippen LogP contribution in [0, 0.1) is 6.92 Å². The van der Waals surface area contributed by atoms with Crippen molar-refractivity contribution in [1.82, 2.24) is 5.32 Å². The number of nitrogen functional groups attached to an aromatic ring is 1. The number of rotatable bonds is 0. The lowest BCUT2D eigenvalue weighted by molar-refractivity contribution is 0.538. The molecule has 1 aliphatic rings. The van der Waals surface area contributed by atoms with Crippen LogP contribution >= 0.6 is 0 Å². The van der Waals surface area contributed by atoms with Crippen LogP contribution in [0.3, 0.4) is 0 Å². The minimum Gasteiger partial charge on any atom is -0.399 e. The van der Waals surface area contributed by atoms with Gasteiger partial charge in [0, 0.05) is 11.7 Å². The first-order chi connectivity index (χ1) is 6.20. The Labute approximate surface area is 79.1 Å². The minimum atomic E-state index is 0.451. The molecule has 0 spiro atoms. The van der Waals surface area contributed by atoms with Gasteiger partial charge in [-0.1, -0.05) is 6.07 Å². The molecular weight excluding hydrogens is 160 g/mol. The van der Waals surface area contributed by atoms with Crippen molar-refractivity contribution in [1.29, 1.82) is 0 Å². The third kappa shape index (κ3) is 1.31. The zero-order valence-electron chi connectivity index (χ0n) is 8.22. The van der Waals surface area contributed by atoms with Crippen LogP contribution < -0.4 is 11.1 Å². The van der Waals surface area contributed by atoms with Crippen LogP contribution in [-0.2, 0) is 6.42 Å². The van der Waals surface area contributed by atoms with Crippen LogP contribution in [0.15, 0.2) is 12.1 Å². The summed E-state index contributed by atoms with van der Waals surface area (Å²) in [6.07, 6.45) is 1.13. The summed E-state index contributed by atoms with van der Waals surface area (Å²) in [6, 6.07) is 4.63. The largest absolute Gasteiger partial charge is 0.399 e. The number of hydrogen-bond donors (Lipinski definition) is 2. The summed E-state index contributed by atoms with van der Waals surface area (Å²) in [6.45, 7) is 5.39. The van der Waals surface area contributed by atoms with Gasteiger partial charge < -0.3 is 11.1 Å². The number of hydrogen-bond acceptors (Lipinski definition) is 2. The molecule has 0 bridgehead atoms. The lowest BCUT2D eigenvalue weighted by atomic mass is 9.90. The summed E-state index contributed by atoms with van der Waals surface area (Å²) >= 11 is 0. The number of anilines is 1. The summed E-state index contributed by atoms with van der Waals surface area (Å²) in [5, 5.41) is 3.45. The van der Waals surface area contributed by atoms with E-state index in [4.69, 9.17) is 5.73 Å². The normalized spacial score (nSPS) is 21.2. The lowest BCUT2D eigenvalue weighted by Crippen LogP contribution is -2.28. The van der Waals surface area contributed by atoms with Gasteiger partial charge >= 0.3 is 0 Å².